The van der Waals surface area contributed by atoms with E-state index in [1.54, 1.807) is 11.4 Å². The van der Waals surface area contributed by atoms with E-state index in [2.05, 4.69) is 27.9 Å². The summed E-state index contributed by atoms with van der Waals surface area (Å²) in [5.41, 5.74) is 1.10. The van der Waals surface area contributed by atoms with Crippen LogP contribution in [0.2, 0.25) is 0 Å². The molecule has 0 aliphatic heterocycles. The predicted octanol–water partition coefficient (Wildman–Crippen LogP) is 3.56. The number of hydrogen-bond donors (Lipinski definition) is 1. The van der Waals surface area contributed by atoms with E-state index in [-0.39, 0.29) is 12.5 Å². The normalized spacial score (nSPS) is 10.4. The van der Waals surface area contributed by atoms with E-state index in [0.29, 0.717) is 11.1 Å². The summed E-state index contributed by atoms with van der Waals surface area (Å²) in [7, 11) is 0. The number of rotatable bonds is 3. The molecule has 0 aliphatic carbocycles. The van der Waals surface area contributed by atoms with Crippen LogP contribution in [0.15, 0.2) is 29.6 Å². The van der Waals surface area contributed by atoms with Crippen LogP contribution in [0.4, 0.5) is 8.78 Å². The standard InChI is InChI=1S/C12H8F2INOS/c13-9-2-1-7(3-10(9)14)5-16-12(17)8-4-11(15)18-6-8/h1-4,6H,5H2,(H,16,17). The third kappa shape index (κ3) is 3.26. The highest BCUT2D eigenvalue weighted by Gasteiger charge is 2.08. The van der Waals surface area contributed by atoms with Gasteiger partial charge >= 0.3 is 0 Å². The lowest BCUT2D eigenvalue weighted by Gasteiger charge is -2.04. The summed E-state index contributed by atoms with van der Waals surface area (Å²) in [6.07, 6.45) is 0. The fraction of sp³-hybridized carbons (Fsp3) is 0.0833. The molecule has 1 aromatic carbocycles. The van der Waals surface area contributed by atoms with Crippen molar-refractivity contribution in [1.82, 2.24) is 5.32 Å². The number of carbonyl (C=O) groups excluding carboxylic acids is 1. The van der Waals surface area contributed by atoms with Crippen LogP contribution in [0.5, 0.6) is 0 Å². The van der Waals surface area contributed by atoms with Crippen LogP contribution in [-0.2, 0) is 6.54 Å². The van der Waals surface area contributed by atoms with Gasteiger partial charge in [0.05, 0.1) is 8.45 Å². The van der Waals surface area contributed by atoms with E-state index in [9.17, 15) is 13.6 Å². The largest absolute Gasteiger partial charge is 0.348 e. The van der Waals surface area contributed by atoms with Crippen LogP contribution in [0.25, 0.3) is 0 Å². The second-order valence-electron chi connectivity index (χ2n) is 3.57. The number of benzene rings is 1. The minimum Gasteiger partial charge on any atom is -0.348 e. The summed E-state index contributed by atoms with van der Waals surface area (Å²) < 4.78 is 26.7. The van der Waals surface area contributed by atoms with Gasteiger partial charge in [0.1, 0.15) is 0 Å². The van der Waals surface area contributed by atoms with Gasteiger partial charge in [0.2, 0.25) is 0 Å². The van der Waals surface area contributed by atoms with Gasteiger partial charge < -0.3 is 5.32 Å². The monoisotopic (exact) mass is 379 g/mol. The molecule has 0 spiro atoms. The number of carbonyl (C=O) groups is 1. The SMILES string of the molecule is O=C(NCc1ccc(F)c(F)c1)c1csc(I)c1. The number of thiophene rings is 1. The third-order valence-corrected chi connectivity index (χ3v) is 4.06. The highest BCUT2D eigenvalue weighted by atomic mass is 127. The van der Waals surface area contributed by atoms with Crippen LogP contribution in [0.1, 0.15) is 15.9 Å². The molecular formula is C12H8F2INOS. The molecule has 18 heavy (non-hydrogen) atoms. The van der Waals surface area contributed by atoms with Crippen LogP contribution in [0.3, 0.4) is 0 Å². The van der Waals surface area contributed by atoms with Crippen molar-refractivity contribution in [2.24, 2.45) is 0 Å². The maximum Gasteiger partial charge on any atom is 0.252 e. The average molecular weight is 379 g/mol. The Morgan fingerprint density at radius 1 is 1.28 bits per heavy atom. The Balaban J connectivity index is 1.99. The molecule has 0 aliphatic rings. The Morgan fingerprint density at radius 2 is 2.06 bits per heavy atom. The molecule has 2 rings (SSSR count). The van der Waals surface area contributed by atoms with Gasteiger partial charge in [-0.1, -0.05) is 6.07 Å². The fourth-order valence-corrected chi connectivity index (χ4v) is 2.69. The Morgan fingerprint density at radius 3 is 2.67 bits per heavy atom. The first-order valence-corrected chi connectivity index (χ1v) is 6.98. The molecule has 0 bridgehead atoms. The van der Waals surface area contributed by atoms with Crippen LogP contribution < -0.4 is 5.32 Å². The van der Waals surface area contributed by atoms with Gasteiger partial charge in [0.25, 0.3) is 5.91 Å². The molecule has 94 valence electrons. The number of nitrogens with one attached hydrogen (secondary N) is 1. The Hall–Kier alpha value is -1.02. The molecule has 0 saturated heterocycles. The summed E-state index contributed by atoms with van der Waals surface area (Å²) in [5.74, 6) is -2.02. The van der Waals surface area contributed by atoms with E-state index in [4.69, 9.17) is 0 Å². The van der Waals surface area contributed by atoms with Crippen molar-refractivity contribution in [2.45, 2.75) is 6.54 Å². The molecule has 0 radical (unpaired) electrons. The van der Waals surface area contributed by atoms with Gasteiger partial charge in [-0.15, -0.1) is 11.3 Å². The maximum absolute atomic E-state index is 12.9. The first-order chi connectivity index (χ1) is 8.56. The summed E-state index contributed by atoms with van der Waals surface area (Å²) >= 11 is 3.60. The molecule has 0 fully saturated rings. The second kappa shape index (κ2) is 5.75. The molecule has 1 heterocycles. The summed E-state index contributed by atoms with van der Waals surface area (Å²) in [5, 5.41) is 4.40. The Kier molecular flexibility index (Phi) is 4.28. The third-order valence-electron chi connectivity index (χ3n) is 2.27. The zero-order chi connectivity index (χ0) is 13.1. The van der Waals surface area contributed by atoms with Crippen molar-refractivity contribution in [3.63, 3.8) is 0 Å². The van der Waals surface area contributed by atoms with Crippen molar-refractivity contribution in [3.05, 3.63) is 55.3 Å². The quantitative estimate of drug-likeness (QED) is 0.812. The van der Waals surface area contributed by atoms with E-state index in [0.717, 1.165) is 15.0 Å². The van der Waals surface area contributed by atoms with Crippen molar-refractivity contribution < 1.29 is 13.6 Å². The minimum absolute atomic E-state index is 0.169. The number of halogens is 3. The molecule has 6 heteroatoms. The molecule has 1 amide bonds. The smallest absolute Gasteiger partial charge is 0.252 e. The van der Waals surface area contributed by atoms with Crippen molar-refractivity contribution in [1.29, 1.82) is 0 Å². The van der Waals surface area contributed by atoms with Crippen molar-refractivity contribution in [2.75, 3.05) is 0 Å². The minimum atomic E-state index is -0.910. The lowest BCUT2D eigenvalue weighted by atomic mass is 10.2. The number of amides is 1. The first-order valence-electron chi connectivity index (χ1n) is 5.02. The topological polar surface area (TPSA) is 29.1 Å². The summed E-state index contributed by atoms with van der Waals surface area (Å²) in [6, 6.07) is 5.33. The van der Waals surface area contributed by atoms with E-state index >= 15 is 0 Å². The van der Waals surface area contributed by atoms with Crippen LogP contribution >= 0.6 is 33.9 Å². The van der Waals surface area contributed by atoms with Gasteiger partial charge in [-0.25, -0.2) is 8.78 Å². The van der Waals surface area contributed by atoms with Crippen molar-refractivity contribution >= 4 is 39.8 Å². The van der Waals surface area contributed by atoms with E-state index < -0.39 is 11.6 Å². The van der Waals surface area contributed by atoms with E-state index in [1.807, 2.05) is 0 Å². The maximum atomic E-state index is 12.9. The lowest BCUT2D eigenvalue weighted by Crippen LogP contribution is -2.22. The summed E-state index contributed by atoms with van der Waals surface area (Å²) in [4.78, 5) is 11.7. The number of hydrogen-bond acceptors (Lipinski definition) is 2. The molecule has 2 aromatic rings. The van der Waals surface area contributed by atoms with Gasteiger partial charge in [-0.05, 0) is 46.4 Å². The highest BCUT2D eigenvalue weighted by Crippen LogP contribution is 2.16. The summed E-state index contributed by atoms with van der Waals surface area (Å²) in [6.45, 7) is 0.169. The molecule has 0 saturated carbocycles. The molecule has 1 N–H and O–H groups in total. The first kappa shape index (κ1) is 13.4. The predicted molar refractivity (Wildman–Crippen MR) is 74.6 cm³/mol. The average Bonchev–Trinajstić information content (AvgIpc) is 2.77. The Bertz CT molecular complexity index is 585. The molecule has 2 nitrogen and oxygen atoms in total. The van der Waals surface area contributed by atoms with Crippen molar-refractivity contribution in [3.8, 4) is 0 Å². The second-order valence-corrected chi connectivity index (χ2v) is 6.38. The zero-order valence-electron chi connectivity index (χ0n) is 9.04. The fourth-order valence-electron chi connectivity index (χ4n) is 1.36. The molecule has 0 unspecified atom stereocenters. The Labute approximate surface area is 120 Å². The molecule has 1 aromatic heterocycles. The van der Waals surface area contributed by atoms with Gasteiger partial charge in [-0.3, -0.25) is 4.79 Å². The zero-order valence-corrected chi connectivity index (χ0v) is 12.0. The lowest BCUT2D eigenvalue weighted by molar-refractivity contribution is 0.0951. The van der Waals surface area contributed by atoms with Gasteiger partial charge in [-0.2, -0.15) is 0 Å². The molecule has 0 atom stereocenters. The van der Waals surface area contributed by atoms with Crippen LogP contribution in [0, 0.1) is 14.5 Å². The van der Waals surface area contributed by atoms with Gasteiger partial charge in [0, 0.05) is 11.9 Å². The van der Waals surface area contributed by atoms with Crippen LogP contribution in [-0.4, -0.2) is 5.91 Å². The molecular weight excluding hydrogens is 371 g/mol. The van der Waals surface area contributed by atoms with E-state index in [1.165, 1.54) is 17.4 Å². The van der Waals surface area contributed by atoms with Gasteiger partial charge in [0.15, 0.2) is 11.6 Å². The highest BCUT2D eigenvalue weighted by molar-refractivity contribution is 14.1.